The van der Waals surface area contributed by atoms with Crippen molar-refractivity contribution in [3.63, 3.8) is 0 Å². The lowest BCUT2D eigenvalue weighted by Gasteiger charge is -2.25. The summed E-state index contributed by atoms with van der Waals surface area (Å²) in [6.45, 7) is 0. The van der Waals surface area contributed by atoms with Gasteiger partial charge in [0.1, 0.15) is 11.5 Å². The number of anilines is 1. The zero-order valence-electron chi connectivity index (χ0n) is 12.7. The molecule has 0 saturated carbocycles. The van der Waals surface area contributed by atoms with Gasteiger partial charge in [-0.25, -0.2) is 14.0 Å². The average Bonchev–Trinajstić information content (AvgIpc) is 2.75. The van der Waals surface area contributed by atoms with Crippen molar-refractivity contribution in [1.29, 1.82) is 0 Å². The van der Waals surface area contributed by atoms with Gasteiger partial charge in [0, 0.05) is 15.1 Å². The molecule has 0 saturated heterocycles. The van der Waals surface area contributed by atoms with Gasteiger partial charge in [0.25, 0.3) is 0 Å². The molecule has 1 aliphatic heterocycles. The van der Waals surface area contributed by atoms with Crippen LogP contribution in [-0.2, 0) is 19.1 Å². The van der Waals surface area contributed by atoms with Crippen molar-refractivity contribution in [3.05, 3.63) is 62.6 Å². The number of hydrogen-bond donors (Lipinski definition) is 0. The third kappa shape index (κ3) is 3.59. The number of esters is 2. The second-order valence-electron chi connectivity index (χ2n) is 4.53. The van der Waals surface area contributed by atoms with E-state index < -0.39 is 17.8 Å². The Hall–Kier alpha value is -1.93. The van der Waals surface area contributed by atoms with E-state index in [2.05, 4.69) is 31.9 Å². The molecule has 0 bridgehead atoms. The van der Waals surface area contributed by atoms with E-state index in [1.165, 1.54) is 37.3 Å². The Kier molecular flexibility index (Phi) is 5.95. The SMILES string of the molecule is COC(=O)C1=C(C(=O)OC)N(c2c(Br)cc(F)cc2Br)C=CC=C1. The Morgan fingerprint density at radius 1 is 1.04 bits per heavy atom. The monoisotopic (exact) mass is 459 g/mol. The number of hydrogen-bond acceptors (Lipinski definition) is 5. The van der Waals surface area contributed by atoms with Gasteiger partial charge >= 0.3 is 11.9 Å². The molecule has 1 aliphatic rings. The van der Waals surface area contributed by atoms with Crippen molar-refractivity contribution in [2.45, 2.75) is 0 Å². The van der Waals surface area contributed by atoms with Gasteiger partial charge in [0.2, 0.25) is 0 Å². The first-order chi connectivity index (χ1) is 11.4. The minimum atomic E-state index is -0.741. The number of ether oxygens (including phenoxy) is 2. The van der Waals surface area contributed by atoms with Crippen molar-refractivity contribution in [1.82, 2.24) is 0 Å². The molecule has 8 heteroatoms. The summed E-state index contributed by atoms with van der Waals surface area (Å²) in [5, 5.41) is 0. The van der Waals surface area contributed by atoms with Gasteiger partial charge in [0.05, 0.1) is 25.5 Å². The molecule has 0 aliphatic carbocycles. The number of carbonyl (C=O) groups excluding carboxylic acids is 2. The summed E-state index contributed by atoms with van der Waals surface area (Å²) in [6.07, 6.45) is 6.21. The first-order valence-corrected chi connectivity index (χ1v) is 8.18. The Balaban J connectivity index is 2.75. The lowest BCUT2D eigenvalue weighted by atomic mass is 10.1. The quantitative estimate of drug-likeness (QED) is 0.641. The first kappa shape index (κ1) is 18.4. The zero-order valence-corrected chi connectivity index (χ0v) is 15.9. The van der Waals surface area contributed by atoms with Gasteiger partial charge in [-0.1, -0.05) is 6.08 Å². The Bertz CT molecular complexity index is 763. The molecule has 2 rings (SSSR count). The van der Waals surface area contributed by atoms with E-state index in [9.17, 15) is 14.0 Å². The molecule has 0 unspecified atom stereocenters. The first-order valence-electron chi connectivity index (χ1n) is 6.60. The topological polar surface area (TPSA) is 55.8 Å². The molecule has 0 atom stereocenters. The van der Waals surface area contributed by atoms with Crippen molar-refractivity contribution in [2.24, 2.45) is 0 Å². The summed E-state index contributed by atoms with van der Waals surface area (Å²) >= 11 is 6.55. The van der Waals surface area contributed by atoms with Crippen LogP contribution in [0.5, 0.6) is 0 Å². The molecule has 1 aromatic carbocycles. The van der Waals surface area contributed by atoms with Crippen LogP contribution in [0.1, 0.15) is 0 Å². The highest BCUT2D eigenvalue weighted by molar-refractivity contribution is 9.11. The van der Waals surface area contributed by atoms with Gasteiger partial charge in [0.15, 0.2) is 0 Å². The number of methoxy groups -OCH3 is 2. The van der Waals surface area contributed by atoms with Crippen molar-refractivity contribution < 1.29 is 23.5 Å². The number of nitrogens with zero attached hydrogens (tertiary/aromatic N) is 1. The number of halogens is 3. The van der Waals surface area contributed by atoms with Crippen molar-refractivity contribution >= 4 is 49.5 Å². The van der Waals surface area contributed by atoms with Gasteiger partial charge in [-0.3, -0.25) is 0 Å². The van der Waals surface area contributed by atoms with Crippen LogP contribution in [0.25, 0.3) is 0 Å². The molecular weight excluding hydrogens is 449 g/mol. The molecular formula is C16H12Br2FNO4. The second kappa shape index (κ2) is 7.76. The Morgan fingerprint density at radius 3 is 2.17 bits per heavy atom. The molecule has 126 valence electrons. The van der Waals surface area contributed by atoms with Crippen LogP contribution in [0, 0.1) is 5.82 Å². The standard InChI is InChI=1S/C16H12Br2FNO4/c1-23-15(21)10-5-3-4-6-20(13(10)16(22)24-2)14-11(17)7-9(19)8-12(14)18/h3-8H,1-2H3. The van der Waals surface area contributed by atoms with Gasteiger partial charge < -0.3 is 14.4 Å². The smallest absolute Gasteiger partial charge is 0.355 e. The minimum absolute atomic E-state index is 0.0116. The van der Waals surface area contributed by atoms with Gasteiger partial charge in [-0.05, 0) is 56.1 Å². The number of carbonyl (C=O) groups is 2. The molecule has 0 amide bonds. The molecule has 5 nitrogen and oxygen atoms in total. The predicted molar refractivity (Wildman–Crippen MR) is 93.6 cm³/mol. The van der Waals surface area contributed by atoms with Crippen molar-refractivity contribution in [2.75, 3.05) is 19.1 Å². The third-order valence-corrected chi connectivity index (χ3v) is 4.32. The highest BCUT2D eigenvalue weighted by atomic mass is 79.9. The van der Waals surface area contributed by atoms with E-state index in [-0.39, 0.29) is 11.3 Å². The summed E-state index contributed by atoms with van der Waals surface area (Å²) in [4.78, 5) is 25.8. The Labute approximate surface area is 154 Å². The van der Waals surface area contributed by atoms with Gasteiger partial charge in [-0.15, -0.1) is 0 Å². The number of benzene rings is 1. The maximum absolute atomic E-state index is 13.6. The molecule has 0 radical (unpaired) electrons. The maximum atomic E-state index is 13.6. The van der Waals surface area contributed by atoms with E-state index in [1.807, 2.05) is 0 Å². The summed E-state index contributed by atoms with van der Waals surface area (Å²) in [5.74, 6) is -1.91. The molecule has 0 spiro atoms. The fraction of sp³-hybridized carbons (Fsp3) is 0.125. The zero-order chi connectivity index (χ0) is 17.9. The normalized spacial score (nSPS) is 13.8. The fourth-order valence-corrected chi connectivity index (χ4v) is 3.61. The predicted octanol–water partition coefficient (Wildman–Crippen LogP) is 3.84. The van der Waals surface area contributed by atoms with Gasteiger partial charge in [-0.2, -0.15) is 0 Å². The molecule has 1 heterocycles. The molecule has 0 N–H and O–H groups in total. The minimum Gasteiger partial charge on any atom is -0.465 e. The average molecular weight is 461 g/mol. The van der Waals surface area contributed by atoms with Crippen LogP contribution >= 0.6 is 31.9 Å². The molecule has 0 aromatic heterocycles. The van der Waals surface area contributed by atoms with Crippen LogP contribution in [0.4, 0.5) is 10.1 Å². The maximum Gasteiger partial charge on any atom is 0.355 e. The third-order valence-electron chi connectivity index (χ3n) is 3.11. The summed E-state index contributed by atoms with van der Waals surface area (Å²) in [5.41, 5.74) is 0.387. The fourth-order valence-electron chi connectivity index (χ4n) is 2.10. The number of rotatable bonds is 3. The van der Waals surface area contributed by atoms with E-state index >= 15 is 0 Å². The second-order valence-corrected chi connectivity index (χ2v) is 6.24. The summed E-state index contributed by atoms with van der Waals surface area (Å²) in [6, 6.07) is 2.50. The van der Waals surface area contributed by atoms with Crippen LogP contribution in [-0.4, -0.2) is 26.2 Å². The van der Waals surface area contributed by atoms with Crippen LogP contribution in [0.2, 0.25) is 0 Å². The van der Waals surface area contributed by atoms with E-state index in [4.69, 9.17) is 9.47 Å². The van der Waals surface area contributed by atoms with Crippen molar-refractivity contribution in [3.8, 4) is 0 Å². The van der Waals surface area contributed by atoms with Crippen LogP contribution in [0.15, 0.2) is 56.8 Å². The van der Waals surface area contributed by atoms with Crippen LogP contribution in [0.3, 0.4) is 0 Å². The lowest BCUT2D eigenvalue weighted by molar-refractivity contribution is -0.139. The lowest BCUT2D eigenvalue weighted by Crippen LogP contribution is -2.27. The molecule has 0 fully saturated rings. The summed E-state index contributed by atoms with van der Waals surface area (Å²) in [7, 11) is 2.42. The van der Waals surface area contributed by atoms with E-state index in [1.54, 1.807) is 18.4 Å². The molecule has 1 aromatic rings. The van der Waals surface area contributed by atoms with E-state index in [0.29, 0.717) is 14.6 Å². The summed E-state index contributed by atoms with van der Waals surface area (Å²) < 4.78 is 23.9. The molecule has 24 heavy (non-hydrogen) atoms. The number of allylic oxidation sites excluding steroid dienone is 2. The highest BCUT2D eigenvalue weighted by Gasteiger charge is 2.29. The van der Waals surface area contributed by atoms with Crippen LogP contribution < -0.4 is 4.90 Å². The van der Waals surface area contributed by atoms with E-state index in [0.717, 1.165) is 0 Å². The highest BCUT2D eigenvalue weighted by Crippen LogP contribution is 2.38. The Morgan fingerprint density at radius 2 is 1.62 bits per heavy atom. The largest absolute Gasteiger partial charge is 0.465 e.